The molecule has 0 radical (unpaired) electrons. The summed E-state index contributed by atoms with van der Waals surface area (Å²) in [5.74, 6) is -1.52. The van der Waals surface area contributed by atoms with Crippen molar-refractivity contribution in [2.75, 3.05) is 6.54 Å². The monoisotopic (exact) mass is 216 g/mol. The van der Waals surface area contributed by atoms with Gasteiger partial charge in [0.2, 0.25) is 0 Å². The molecule has 0 fully saturated rings. The summed E-state index contributed by atoms with van der Waals surface area (Å²) in [6.07, 6.45) is 0.533. The van der Waals surface area contributed by atoms with Crippen molar-refractivity contribution >= 4 is 17.9 Å². The molecule has 1 N–H and O–H groups in total. The van der Waals surface area contributed by atoms with E-state index in [1.807, 2.05) is 5.32 Å². The molecule has 5 nitrogen and oxygen atoms in total. The second-order valence-corrected chi connectivity index (χ2v) is 2.81. The van der Waals surface area contributed by atoms with Crippen molar-refractivity contribution < 1.29 is 28.2 Å². The predicted octanol–water partition coefficient (Wildman–Crippen LogP) is -0.0229. The van der Waals surface area contributed by atoms with Gasteiger partial charge in [0.1, 0.15) is 12.0 Å². The van der Waals surface area contributed by atoms with Crippen LogP contribution in [0, 0.1) is 0 Å². The maximum absolute atomic E-state index is 12.5. The minimum absolute atomic E-state index is 0.132. The number of nitrogens with one attached hydrogen (secondary N) is 1. The topological polar surface area (TPSA) is 70.6 Å². The Hall–Kier alpha value is -0.440. The number of alkyl halides is 2. The largest absolute Gasteiger partial charge is 0.691 e. The quantitative estimate of drug-likeness (QED) is 0.384. The van der Waals surface area contributed by atoms with Crippen molar-refractivity contribution in [3.63, 3.8) is 0 Å². The van der Waals surface area contributed by atoms with E-state index in [0.29, 0.717) is 6.42 Å². The van der Waals surface area contributed by atoms with Gasteiger partial charge in [-0.25, -0.2) is 0 Å². The van der Waals surface area contributed by atoms with E-state index in [0.717, 1.165) is 0 Å². The molecule has 13 heavy (non-hydrogen) atoms. The van der Waals surface area contributed by atoms with Crippen LogP contribution in [0.1, 0.15) is 13.3 Å². The Morgan fingerprint density at radius 3 is 2.77 bits per heavy atom. The lowest BCUT2D eigenvalue weighted by atomic mass is 10.5. The Bertz CT molecular complexity index is 169. The van der Waals surface area contributed by atoms with Gasteiger partial charge in [-0.3, -0.25) is 9.83 Å². The van der Waals surface area contributed by atoms with Gasteiger partial charge in [0.05, 0.1) is 0 Å². The maximum atomic E-state index is 12.5. The number of carbonyl (C=O) groups excluding carboxylic acids is 1. The average Bonchev–Trinajstić information content (AvgIpc) is 2.10. The molecule has 0 saturated heterocycles. The van der Waals surface area contributed by atoms with E-state index < -0.39 is 23.2 Å². The molecule has 0 aromatic carbocycles. The molecule has 0 aliphatic carbocycles. The van der Waals surface area contributed by atoms with Crippen molar-refractivity contribution in [1.29, 1.82) is 0 Å². The molecule has 0 spiro atoms. The summed E-state index contributed by atoms with van der Waals surface area (Å²) in [6, 6.07) is 0. The third kappa shape index (κ3) is 4.98. The first-order chi connectivity index (χ1) is 6.04. The van der Waals surface area contributed by atoms with Crippen molar-refractivity contribution in [3.05, 3.63) is 0 Å². The van der Waals surface area contributed by atoms with Gasteiger partial charge in [0, 0.05) is 6.54 Å². The Morgan fingerprint density at radius 1 is 1.69 bits per heavy atom. The highest BCUT2D eigenvalue weighted by Gasteiger charge is 2.41. The Kier molecular flexibility index (Phi) is 5.88. The summed E-state index contributed by atoms with van der Waals surface area (Å²) in [5, 5.41) is 10.0. The van der Waals surface area contributed by atoms with Crippen LogP contribution in [0.25, 0.3) is 0 Å². The summed E-state index contributed by atoms with van der Waals surface area (Å²) < 4.78 is 28.4. The SMILES string of the molecule is CCCNC(=O)C(F)(F)SOO[O-]. The van der Waals surface area contributed by atoms with Gasteiger partial charge in [0.25, 0.3) is 0 Å². The predicted molar refractivity (Wildman–Crippen MR) is 38.0 cm³/mol. The molecule has 0 unspecified atom stereocenters. The summed E-state index contributed by atoms with van der Waals surface area (Å²) in [6.45, 7) is 1.84. The number of amides is 1. The fourth-order valence-corrected chi connectivity index (χ4v) is 0.697. The first-order valence-electron chi connectivity index (χ1n) is 3.35. The van der Waals surface area contributed by atoms with Crippen LogP contribution < -0.4 is 10.6 Å². The molecule has 0 bridgehead atoms. The molecule has 0 saturated carbocycles. The van der Waals surface area contributed by atoms with Crippen LogP contribution in [0.5, 0.6) is 0 Å². The lowest BCUT2D eigenvalue weighted by molar-refractivity contribution is -0.777. The average molecular weight is 216 g/mol. The van der Waals surface area contributed by atoms with Crippen LogP contribution >= 0.6 is 12.0 Å². The van der Waals surface area contributed by atoms with Gasteiger partial charge >= 0.3 is 11.2 Å². The highest BCUT2D eigenvalue weighted by Crippen LogP contribution is 2.29. The van der Waals surface area contributed by atoms with Gasteiger partial charge in [-0.15, -0.1) is 0 Å². The van der Waals surface area contributed by atoms with Gasteiger partial charge in [0.15, 0.2) is 0 Å². The van der Waals surface area contributed by atoms with Crippen LogP contribution in [0.2, 0.25) is 0 Å². The van der Waals surface area contributed by atoms with E-state index in [2.05, 4.69) is 9.37 Å². The van der Waals surface area contributed by atoms with E-state index in [1.54, 1.807) is 6.92 Å². The first kappa shape index (κ1) is 12.6. The minimum atomic E-state index is -3.82. The molecule has 1 amide bonds. The van der Waals surface area contributed by atoms with Gasteiger partial charge in [-0.05, 0) is 6.42 Å². The highest BCUT2D eigenvalue weighted by molar-refractivity contribution is 7.96. The molecule has 0 aliphatic heterocycles. The summed E-state index contributed by atoms with van der Waals surface area (Å²) in [7, 11) is 0. The Morgan fingerprint density at radius 2 is 2.31 bits per heavy atom. The zero-order valence-electron chi connectivity index (χ0n) is 6.71. The van der Waals surface area contributed by atoms with Gasteiger partial charge in [-0.2, -0.15) is 13.1 Å². The number of hydrogen-bond donors (Lipinski definition) is 1. The van der Waals surface area contributed by atoms with Crippen LogP contribution in [0.3, 0.4) is 0 Å². The smallest absolute Gasteiger partial charge is 0.397 e. The summed E-state index contributed by atoms with van der Waals surface area (Å²) >= 11 is -0.643. The maximum Gasteiger partial charge on any atom is 0.397 e. The zero-order valence-corrected chi connectivity index (χ0v) is 7.53. The molecular formula is C5H8F2NO4S-. The Labute approximate surface area is 77.5 Å². The van der Waals surface area contributed by atoms with Gasteiger partial charge in [-0.1, -0.05) is 6.92 Å². The molecule has 8 heteroatoms. The molecule has 0 rings (SSSR count). The third-order valence-electron chi connectivity index (χ3n) is 0.966. The minimum Gasteiger partial charge on any atom is -0.691 e. The molecule has 78 valence electrons. The number of halogens is 2. The van der Waals surface area contributed by atoms with Crippen molar-refractivity contribution in [2.45, 2.75) is 18.6 Å². The van der Waals surface area contributed by atoms with Crippen molar-refractivity contribution in [3.8, 4) is 0 Å². The van der Waals surface area contributed by atoms with Crippen LogP contribution in [0.4, 0.5) is 8.78 Å². The van der Waals surface area contributed by atoms with Crippen LogP contribution in [-0.4, -0.2) is 17.7 Å². The van der Waals surface area contributed by atoms with E-state index in [1.165, 1.54) is 0 Å². The zero-order chi connectivity index (χ0) is 10.3. The lowest BCUT2D eigenvalue weighted by Crippen LogP contribution is -2.38. The normalized spacial score (nSPS) is 11.4. The molecule has 0 aliphatic rings. The fourth-order valence-electron chi connectivity index (χ4n) is 0.436. The second kappa shape index (κ2) is 6.08. The Balaban J connectivity index is 3.87. The first-order valence-corrected chi connectivity index (χ1v) is 4.09. The molecular weight excluding hydrogens is 208 g/mol. The molecule has 0 aromatic rings. The van der Waals surface area contributed by atoms with Crippen molar-refractivity contribution in [2.24, 2.45) is 0 Å². The highest BCUT2D eigenvalue weighted by atomic mass is 32.2. The van der Waals surface area contributed by atoms with Gasteiger partial charge < -0.3 is 10.6 Å². The number of carbonyl (C=O) groups is 1. The molecule has 0 aromatic heterocycles. The van der Waals surface area contributed by atoms with Crippen LogP contribution in [-0.2, 0) is 14.2 Å². The number of hydrogen-bond acceptors (Lipinski definition) is 5. The van der Waals surface area contributed by atoms with E-state index >= 15 is 0 Å². The standard InChI is InChI=1S/C5H9F2NO4S/c1-2-3-8-4(9)5(6,7)13-12-11-10/h10H,2-3H2,1H3,(H,8,9)/p-1. The van der Waals surface area contributed by atoms with E-state index in [9.17, 15) is 18.8 Å². The van der Waals surface area contributed by atoms with Crippen molar-refractivity contribution in [1.82, 2.24) is 5.32 Å². The summed E-state index contributed by atoms with van der Waals surface area (Å²) in [5.41, 5.74) is 0. The second-order valence-electron chi connectivity index (χ2n) is 1.99. The number of rotatable bonds is 6. The molecule has 0 atom stereocenters. The molecule has 0 heterocycles. The lowest BCUT2D eigenvalue weighted by Gasteiger charge is -2.14. The third-order valence-corrected chi connectivity index (χ3v) is 1.48. The van der Waals surface area contributed by atoms with E-state index in [4.69, 9.17) is 0 Å². The van der Waals surface area contributed by atoms with Crippen LogP contribution in [0.15, 0.2) is 0 Å². The fraction of sp³-hybridized carbons (Fsp3) is 0.800. The van der Waals surface area contributed by atoms with E-state index in [-0.39, 0.29) is 6.54 Å². The summed E-state index contributed by atoms with van der Waals surface area (Å²) in [4.78, 5) is 10.6.